The highest BCUT2D eigenvalue weighted by Gasteiger charge is 2.21. The lowest BCUT2D eigenvalue weighted by Crippen LogP contribution is -2.05. The molecule has 0 saturated carbocycles. The molecule has 7 nitrogen and oxygen atoms in total. The summed E-state index contributed by atoms with van der Waals surface area (Å²) in [6, 6.07) is 9.39. The zero-order valence-corrected chi connectivity index (χ0v) is 11.3. The Morgan fingerprint density at radius 3 is 2.19 bits per heavy atom. The molecule has 1 N–H and O–H groups in total. The van der Waals surface area contributed by atoms with Crippen molar-refractivity contribution in [3.8, 4) is 0 Å². The Balaban J connectivity index is 2.57. The van der Waals surface area contributed by atoms with Gasteiger partial charge in [0.2, 0.25) is 9.84 Å². The summed E-state index contributed by atoms with van der Waals surface area (Å²) in [6.07, 6.45) is 0. The Labute approximate surface area is 119 Å². The third kappa shape index (κ3) is 2.90. The fourth-order valence-electron chi connectivity index (χ4n) is 1.70. The van der Waals surface area contributed by atoms with Crippen LogP contribution in [0, 0.1) is 10.1 Å². The third-order valence-electron chi connectivity index (χ3n) is 2.73. The summed E-state index contributed by atoms with van der Waals surface area (Å²) in [5.41, 5.74) is -0.535. The molecule has 0 aromatic heterocycles. The van der Waals surface area contributed by atoms with Crippen LogP contribution >= 0.6 is 0 Å². The number of hydrogen-bond donors (Lipinski definition) is 1. The second-order valence-corrected chi connectivity index (χ2v) is 6.04. The van der Waals surface area contributed by atoms with Crippen LogP contribution in [-0.4, -0.2) is 24.4 Å². The van der Waals surface area contributed by atoms with Crippen molar-refractivity contribution in [1.29, 1.82) is 0 Å². The van der Waals surface area contributed by atoms with Crippen molar-refractivity contribution in [3.63, 3.8) is 0 Å². The molecular weight excluding hydrogens is 298 g/mol. The summed E-state index contributed by atoms with van der Waals surface area (Å²) in [5.74, 6) is -1.26. The van der Waals surface area contributed by atoms with E-state index in [-0.39, 0.29) is 21.0 Å². The SMILES string of the molecule is O=C(O)c1cccc(S(=O)(=O)c2cccc([N+](=O)[O-])c2)c1. The van der Waals surface area contributed by atoms with Crippen molar-refractivity contribution in [1.82, 2.24) is 0 Å². The summed E-state index contributed by atoms with van der Waals surface area (Å²) in [6.45, 7) is 0. The van der Waals surface area contributed by atoms with Crippen LogP contribution in [-0.2, 0) is 9.84 Å². The molecule has 0 aliphatic rings. The Hall–Kier alpha value is -2.74. The van der Waals surface area contributed by atoms with E-state index < -0.39 is 20.7 Å². The number of sulfone groups is 1. The van der Waals surface area contributed by atoms with E-state index in [1.807, 2.05) is 0 Å². The molecule has 108 valence electrons. The fourth-order valence-corrected chi connectivity index (χ4v) is 3.04. The largest absolute Gasteiger partial charge is 0.478 e. The number of carboxylic acid groups (broad SMARTS) is 1. The van der Waals surface area contributed by atoms with Gasteiger partial charge in [-0.3, -0.25) is 10.1 Å². The molecule has 0 radical (unpaired) electrons. The summed E-state index contributed by atoms with van der Waals surface area (Å²) in [7, 11) is -4.02. The molecule has 0 aliphatic carbocycles. The number of nitro benzene ring substituents is 1. The van der Waals surface area contributed by atoms with Crippen LogP contribution in [0.1, 0.15) is 10.4 Å². The maximum Gasteiger partial charge on any atom is 0.335 e. The van der Waals surface area contributed by atoms with Gasteiger partial charge in [0.05, 0.1) is 20.3 Å². The Morgan fingerprint density at radius 2 is 1.62 bits per heavy atom. The van der Waals surface area contributed by atoms with Crippen LogP contribution in [0.25, 0.3) is 0 Å². The first-order valence-corrected chi connectivity index (χ1v) is 7.13. The maximum absolute atomic E-state index is 12.4. The van der Waals surface area contributed by atoms with E-state index in [1.54, 1.807) is 0 Å². The predicted octanol–water partition coefficient (Wildman–Crippen LogP) is 2.13. The highest BCUT2D eigenvalue weighted by Crippen LogP contribution is 2.24. The minimum atomic E-state index is -4.02. The third-order valence-corrected chi connectivity index (χ3v) is 4.48. The van der Waals surface area contributed by atoms with Crippen molar-refractivity contribution >= 4 is 21.5 Å². The topological polar surface area (TPSA) is 115 Å². The molecule has 0 amide bonds. The number of benzene rings is 2. The van der Waals surface area contributed by atoms with Crippen molar-refractivity contribution in [2.45, 2.75) is 9.79 Å². The van der Waals surface area contributed by atoms with Gasteiger partial charge in [0.1, 0.15) is 0 Å². The van der Waals surface area contributed by atoms with Gasteiger partial charge in [-0.2, -0.15) is 0 Å². The van der Waals surface area contributed by atoms with Crippen LogP contribution in [0.2, 0.25) is 0 Å². The summed E-state index contributed by atoms with van der Waals surface area (Å²) in [4.78, 5) is 20.4. The van der Waals surface area contributed by atoms with Crippen LogP contribution < -0.4 is 0 Å². The van der Waals surface area contributed by atoms with Crippen LogP contribution in [0.5, 0.6) is 0 Å². The minimum absolute atomic E-state index is 0.179. The van der Waals surface area contributed by atoms with E-state index in [1.165, 1.54) is 36.4 Å². The van der Waals surface area contributed by atoms with E-state index in [0.717, 1.165) is 12.1 Å². The lowest BCUT2D eigenvalue weighted by Gasteiger charge is -2.05. The van der Waals surface area contributed by atoms with Crippen LogP contribution in [0.15, 0.2) is 58.3 Å². The average Bonchev–Trinajstić information content (AvgIpc) is 2.47. The summed E-state index contributed by atoms with van der Waals surface area (Å²) < 4.78 is 24.7. The molecule has 0 aliphatic heterocycles. The minimum Gasteiger partial charge on any atom is -0.478 e. The zero-order valence-electron chi connectivity index (χ0n) is 10.5. The van der Waals surface area contributed by atoms with Crippen molar-refractivity contribution < 1.29 is 23.2 Å². The highest BCUT2D eigenvalue weighted by atomic mass is 32.2. The predicted molar refractivity (Wildman–Crippen MR) is 71.9 cm³/mol. The molecule has 2 aromatic carbocycles. The molecule has 2 aromatic rings. The zero-order chi connectivity index (χ0) is 15.6. The average molecular weight is 307 g/mol. The molecule has 2 rings (SSSR count). The standard InChI is InChI=1S/C13H9NO6S/c15-13(16)9-3-1-5-11(7-9)21(19,20)12-6-2-4-10(8-12)14(17)18/h1-8H,(H,15,16). The van der Waals surface area contributed by atoms with E-state index in [2.05, 4.69) is 0 Å². The van der Waals surface area contributed by atoms with Gasteiger partial charge >= 0.3 is 5.97 Å². The van der Waals surface area contributed by atoms with Crippen molar-refractivity contribution in [2.75, 3.05) is 0 Å². The van der Waals surface area contributed by atoms with Gasteiger partial charge in [0, 0.05) is 12.1 Å². The monoisotopic (exact) mass is 307 g/mol. The summed E-state index contributed by atoms with van der Waals surface area (Å²) >= 11 is 0. The number of nitrogens with zero attached hydrogens (tertiary/aromatic N) is 1. The molecule has 0 atom stereocenters. The Kier molecular flexibility index (Phi) is 3.72. The molecule has 0 spiro atoms. The number of aromatic carboxylic acids is 1. The lowest BCUT2D eigenvalue weighted by molar-refractivity contribution is -0.385. The first-order valence-electron chi connectivity index (χ1n) is 5.65. The highest BCUT2D eigenvalue weighted by molar-refractivity contribution is 7.91. The Bertz CT molecular complexity index is 765. The van der Waals surface area contributed by atoms with Gasteiger partial charge in [-0.05, 0) is 24.3 Å². The number of carboxylic acids is 1. The maximum atomic E-state index is 12.4. The van der Waals surface area contributed by atoms with E-state index in [9.17, 15) is 23.3 Å². The quantitative estimate of drug-likeness (QED) is 0.683. The summed E-state index contributed by atoms with van der Waals surface area (Å²) in [5, 5.41) is 19.6. The lowest BCUT2D eigenvalue weighted by atomic mass is 10.2. The molecule has 0 heterocycles. The Morgan fingerprint density at radius 1 is 1.05 bits per heavy atom. The molecule has 0 unspecified atom stereocenters. The van der Waals surface area contributed by atoms with Crippen LogP contribution in [0.3, 0.4) is 0 Å². The molecule has 8 heteroatoms. The number of hydrogen-bond acceptors (Lipinski definition) is 5. The van der Waals surface area contributed by atoms with Gasteiger partial charge in [-0.25, -0.2) is 13.2 Å². The molecule has 21 heavy (non-hydrogen) atoms. The fraction of sp³-hybridized carbons (Fsp3) is 0. The van der Waals surface area contributed by atoms with Gasteiger partial charge in [-0.1, -0.05) is 12.1 Å². The van der Waals surface area contributed by atoms with Gasteiger partial charge in [0.25, 0.3) is 5.69 Å². The smallest absolute Gasteiger partial charge is 0.335 e. The normalized spacial score (nSPS) is 11.0. The number of nitro groups is 1. The van der Waals surface area contributed by atoms with E-state index in [0.29, 0.717) is 0 Å². The number of non-ortho nitro benzene ring substituents is 1. The first-order chi connectivity index (χ1) is 9.82. The van der Waals surface area contributed by atoms with Crippen LogP contribution in [0.4, 0.5) is 5.69 Å². The number of rotatable bonds is 4. The van der Waals surface area contributed by atoms with Gasteiger partial charge < -0.3 is 5.11 Å². The molecule has 0 fully saturated rings. The second kappa shape index (κ2) is 5.33. The number of carbonyl (C=O) groups is 1. The molecule has 0 bridgehead atoms. The van der Waals surface area contributed by atoms with Crippen molar-refractivity contribution in [3.05, 3.63) is 64.2 Å². The van der Waals surface area contributed by atoms with E-state index in [4.69, 9.17) is 5.11 Å². The van der Waals surface area contributed by atoms with Crippen molar-refractivity contribution in [2.24, 2.45) is 0 Å². The first kappa shape index (κ1) is 14.7. The molecular formula is C13H9NO6S. The molecule has 0 saturated heterocycles. The van der Waals surface area contributed by atoms with Gasteiger partial charge in [-0.15, -0.1) is 0 Å². The van der Waals surface area contributed by atoms with Gasteiger partial charge in [0.15, 0.2) is 0 Å². The van der Waals surface area contributed by atoms with E-state index >= 15 is 0 Å². The second-order valence-electron chi connectivity index (χ2n) is 4.09.